The summed E-state index contributed by atoms with van der Waals surface area (Å²) in [6.07, 6.45) is 2.49. The van der Waals surface area contributed by atoms with Crippen LogP contribution in [0, 0.1) is 10.1 Å². The molecular formula is C13H16N2O2. The van der Waals surface area contributed by atoms with E-state index in [9.17, 15) is 10.1 Å². The predicted molar refractivity (Wildman–Crippen MR) is 67.9 cm³/mol. The summed E-state index contributed by atoms with van der Waals surface area (Å²) in [4.78, 5) is 13.6. The van der Waals surface area contributed by atoms with Crippen LogP contribution in [0.1, 0.15) is 24.6 Å². The second-order valence-corrected chi connectivity index (χ2v) is 4.18. The molecule has 90 valence electrons. The van der Waals surface area contributed by atoms with Crippen molar-refractivity contribution in [3.05, 3.63) is 45.6 Å². The summed E-state index contributed by atoms with van der Waals surface area (Å²) in [6.45, 7) is 2.11. The fourth-order valence-corrected chi connectivity index (χ4v) is 2.21. The Bertz CT molecular complexity index is 531. The lowest BCUT2D eigenvalue weighted by atomic mass is 10.1. The highest BCUT2D eigenvalue weighted by atomic mass is 16.6. The summed E-state index contributed by atoms with van der Waals surface area (Å²) in [7, 11) is 0. The molecule has 0 amide bonds. The normalized spacial score (nSPS) is 10.9. The Kier molecular flexibility index (Phi) is 3.42. The third kappa shape index (κ3) is 2.46. The van der Waals surface area contributed by atoms with Gasteiger partial charge in [0.15, 0.2) is 0 Å². The largest absolute Gasteiger partial charge is 0.358 e. The van der Waals surface area contributed by atoms with Crippen LogP contribution >= 0.6 is 0 Å². The van der Waals surface area contributed by atoms with Gasteiger partial charge in [-0.1, -0.05) is 31.5 Å². The monoisotopic (exact) mass is 232 g/mol. The van der Waals surface area contributed by atoms with E-state index in [2.05, 4.69) is 11.9 Å². The van der Waals surface area contributed by atoms with Gasteiger partial charge in [0.1, 0.15) is 0 Å². The number of rotatable bonds is 5. The molecule has 0 unspecified atom stereocenters. The van der Waals surface area contributed by atoms with Gasteiger partial charge in [-0.05, 0) is 18.1 Å². The van der Waals surface area contributed by atoms with E-state index in [1.54, 1.807) is 0 Å². The summed E-state index contributed by atoms with van der Waals surface area (Å²) in [6, 6.07) is 8.00. The van der Waals surface area contributed by atoms with Crippen molar-refractivity contribution in [2.75, 3.05) is 6.54 Å². The zero-order valence-corrected chi connectivity index (χ0v) is 9.90. The van der Waals surface area contributed by atoms with Gasteiger partial charge in [0.2, 0.25) is 6.54 Å². The first kappa shape index (κ1) is 11.6. The van der Waals surface area contributed by atoms with Crippen LogP contribution in [0.15, 0.2) is 24.3 Å². The Morgan fingerprint density at radius 1 is 1.29 bits per heavy atom. The van der Waals surface area contributed by atoms with E-state index in [1.165, 1.54) is 0 Å². The Labute approximate surface area is 99.8 Å². The molecular weight excluding hydrogens is 216 g/mol. The molecule has 1 heterocycles. The first-order valence-corrected chi connectivity index (χ1v) is 5.92. The van der Waals surface area contributed by atoms with Crippen LogP contribution in [-0.4, -0.2) is 16.5 Å². The lowest BCUT2D eigenvalue weighted by molar-refractivity contribution is -0.479. The van der Waals surface area contributed by atoms with E-state index in [1.807, 2.05) is 24.3 Å². The van der Waals surface area contributed by atoms with Crippen molar-refractivity contribution in [3.63, 3.8) is 0 Å². The summed E-state index contributed by atoms with van der Waals surface area (Å²) in [5, 5.41) is 11.6. The van der Waals surface area contributed by atoms with Crippen molar-refractivity contribution in [1.29, 1.82) is 0 Å². The molecule has 1 aromatic carbocycles. The molecule has 0 fully saturated rings. The number of nitro groups is 1. The molecule has 2 aromatic rings. The maximum absolute atomic E-state index is 10.5. The number of benzene rings is 1. The molecule has 1 aromatic heterocycles. The number of aryl methyl sites for hydroxylation is 1. The number of para-hydroxylation sites is 1. The molecule has 0 bridgehead atoms. The second kappa shape index (κ2) is 4.99. The molecule has 4 nitrogen and oxygen atoms in total. The van der Waals surface area contributed by atoms with Gasteiger partial charge >= 0.3 is 0 Å². The van der Waals surface area contributed by atoms with Crippen molar-refractivity contribution >= 4 is 10.9 Å². The zero-order valence-electron chi connectivity index (χ0n) is 9.90. The number of nitrogens with zero attached hydrogens (tertiary/aromatic N) is 1. The molecule has 0 aliphatic rings. The number of aromatic amines is 1. The standard InChI is InChI=1S/C13H16N2O2/c1-2-5-12-11(8-9-15(16)17)10-6-3-4-7-13(10)14-12/h3-4,6-7,14H,2,5,8-9H2,1H3. The fourth-order valence-electron chi connectivity index (χ4n) is 2.21. The minimum atomic E-state index is -0.252. The van der Waals surface area contributed by atoms with Crippen molar-refractivity contribution in [1.82, 2.24) is 4.98 Å². The average molecular weight is 232 g/mol. The van der Waals surface area contributed by atoms with Gasteiger partial charge in [0, 0.05) is 27.9 Å². The first-order chi connectivity index (χ1) is 8.22. The number of fused-ring (bicyclic) bond motifs is 1. The lowest BCUT2D eigenvalue weighted by Crippen LogP contribution is -2.05. The molecule has 0 spiro atoms. The highest BCUT2D eigenvalue weighted by molar-refractivity contribution is 5.84. The molecule has 0 saturated heterocycles. The minimum Gasteiger partial charge on any atom is -0.358 e. The number of hydrogen-bond donors (Lipinski definition) is 1. The highest BCUT2D eigenvalue weighted by Crippen LogP contribution is 2.23. The van der Waals surface area contributed by atoms with E-state index in [0.29, 0.717) is 6.42 Å². The van der Waals surface area contributed by atoms with Crippen LogP contribution in [0.2, 0.25) is 0 Å². The molecule has 2 rings (SSSR count). The Balaban J connectivity index is 2.40. The summed E-state index contributed by atoms with van der Waals surface area (Å²) in [5.41, 5.74) is 3.34. The third-order valence-electron chi connectivity index (χ3n) is 2.95. The van der Waals surface area contributed by atoms with Crippen molar-refractivity contribution in [2.45, 2.75) is 26.2 Å². The van der Waals surface area contributed by atoms with Crippen LogP contribution in [0.25, 0.3) is 10.9 Å². The van der Waals surface area contributed by atoms with Crippen LogP contribution < -0.4 is 0 Å². The Morgan fingerprint density at radius 3 is 2.76 bits per heavy atom. The van der Waals surface area contributed by atoms with Gasteiger partial charge in [-0.15, -0.1) is 0 Å². The highest BCUT2D eigenvalue weighted by Gasteiger charge is 2.12. The van der Waals surface area contributed by atoms with Crippen LogP contribution in [0.3, 0.4) is 0 Å². The summed E-state index contributed by atoms with van der Waals surface area (Å²) < 4.78 is 0. The SMILES string of the molecule is CCCc1[nH]c2ccccc2c1CC[N+](=O)[O-]. The second-order valence-electron chi connectivity index (χ2n) is 4.18. The molecule has 0 radical (unpaired) electrons. The summed E-state index contributed by atoms with van der Waals surface area (Å²) >= 11 is 0. The maximum atomic E-state index is 10.5. The van der Waals surface area contributed by atoms with Crippen molar-refractivity contribution in [3.8, 4) is 0 Å². The van der Waals surface area contributed by atoms with Crippen molar-refractivity contribution < 1.29 is 4.92 Å². The molecule has 0 aliphatic carbocycles. The van der Waals surface area contributed by atoms with E-state index in [0.717, 1.165) is 35.0 Å². The number of nitrogens with one attached hydrogen (secondary N) is 1. The van der Waals surface area contributed by atoms with Crippen LogP contribution in [-0.2, 0) is 12.8 Å². The van der Waals surface area contributed by atoms with Gasteiger partial charge in [-0.25, -0.2) is 0 Å². The molecule has 0 saturated carbocycles. The van der Waals surface area contributed by atoms with Gasteiger partial charge in [-0.2, -0.15) is 0 Å². The Morgan fingerprint density at radius 2 is 2.06 bits per heavy atom. The van der Waals surface area contributed by atoms with E-state index in [-0.39, 0.29) is 11.5 Å². The van der Waals surface area contributed by atoms with Gasteiger partial charge in [0.05, 0.1) is 0 Å². The van der Waals surface area contributed by atoms with Gasteiger partial charge in [0.25, 0.3) is 0 Å². The smallest absolute Gasteiger partial charge is 0.207 e. The molecule has 0 aliphatic heterocycles. The number of hydrogen-bond acceptors (Lipinski definition) is 2. The first-order valence-electron chi connectivity index (χ1n) is 5.92. The van der Waals surface area contributed by atoms with Gasteiger partial charge in [-0.3, -0.25) is 10.1 Å². The minimum absolute atomic E-state index is 0.00143. The quantitative estimate of drug-likeness (QED) is 0.636. The number of aromatic nitrogens is 1. The molecule has 1 N–H and O–H groups in total. The van der Waals surface area contributed by atoms with E-state index >= 15 is 0 Å². The molecule has 17 heavy (non-hydrogen) atoms. The maximum Gasteiger partial charge on any atom is 0.207 e. The van der Waals surface area contributed by atoms with Gasteiger partial charge < -0.3 is 4.98 Å². The average Bonchev–Trinajstić information content (AvgIpc) is 2.64. The van der Waals surface area contributed by atoms with Crippen LogP contribution in [0.5, 0.6) is 0 Å². The lowest BCUT2D eigenvalue weighted by Gasteiger charge is -2.00. The molecule has 4 heteroatoms. The Hall–Kier alpha value is -1.84. The van der Waals surface area contributed by atoms with Crippen molar-refractivity contribution in [2.24, 2.45) is 0 Å². The van der Waals surface area contributed by atoms with E-state index < -0.39 is 0 Å². The van der Waals surface area contributed by atoms with Crippen LogP contribution in [0.4, 0.5) is 0 Å². The zero-order chi connectivity index (χ0) is 12.3. The van der Waals surface area contributed by atoms with E-state index in [4.69, 9.17) is 0 Å². The molecule has 0 atom stereocenters. The summed E-state index contributed by atoms with van der Waals surface area (Å²) in [5.74, 6) is 0. The topological polar surface area (TPSA) is 58.9 Å². The number of H-pyrrole nitrogens is 1. The predicted octanol–water partition coefficient (Wildman–Crippen LogP) is 2.94. The third-order valence-corrected chi connectivity index (χ3v) is 2.95. The fraction of sp³-hybridized carbons (Fsp3) is 0.385.